The van der Waals surface area contributed by atoms with Gasteiger partial charge in [0.2, 0.25) is 0 Å². The second kappa shape index (κ2) is 10.9. The second-order valence-corrected chi connectivity index (χ2v) is 10.3. The van der Waals surface area contributed by atoms with Crippen molar-refractivity contribution in [2.45, 2.75) is 46.3 Å². The molecule has 198 valence electrons. The number of thiocarbonyl (C=S) groups is 1. The lowest BCUT2D eigenvalue weighted by Gasteiger charge is -2.12. The van der Waals surface area contributed by atoms with E-state index in [0.29, 0.717) is 18.2 Å². The Morgan fingerprint density at radius 1 is 0.923 bits per heavy atom. The van der Waals surface area contributed by atoms with Gasteiger partial charge in [-0.3, -0.25) is 0 Å². The zero-order chi connectivity index (χ0) is 26.8. The van der Waals surface area contributed by atoms with Crippen LogP contribution >= 0.6 is 12.2 Å². The largest absolute Gasteiger partial charge is 0.494 e. The fourth-order valence-electron chi connectivity index (χ4n) is 5.31. The summed E-state index contributed by atoms with van der Waals surface area (Å²) in [6, 6.07) is 26.5. The Labute approximate surface area is 234 Å². The number of aryl methyl sites for hydroxylation is 3. The molecule has 2 aromatic heterocycles. The first-order chi connectivity index (χ1) is 19.1. The Morgan fingerprint density at radius 2 is 1.67 bits per heavy atom. The number of nitrogens with one attached hydrogen (secondary N) is 1. The van der Waals surface area contributed by atoms with Crippen LogP contribution in [0.2, 0.25) is 0 Å². The van der Waals surface area contributed by atoms with Crippen LogP contribution in [0.3, 0.4) is 0 Å². The van der Waals surface area contributed by atoms with Crippen LogP contribution in [0.4, 0.5) is 5.69 Å². The Balaban J connectivity index is 1.48. The monoisotopic (exact) mass is 536 g/mol. The summed E-state index contributed by atoms with van der Waals surface area (Å²) in [6.07, 6.45) is 3.15. The van der Waals surface area contributed by atoms with Crippen molar-refractivity contribution in [3.05, 3.63) is 102 Å². The van der Waals surface area contributed by atoms with E-state index in [1.807, 2.05) is 53.9 Å². The lowest BCUT2D eigenvalue weighted by molar-refractivity contribution is 0.288. The molecule has 5 aromatic rings. The summed E-state index contributed by atoms with van der Waals surface area (Å²) in [5, 5.41) is 8.60. The first kappa shape index (κ1) is 25.2. The average molecular weight is 537 g/mol. The average Bonchev–Trinajstić information content (AvgIpc) is 3.36. The highest BCUT2D eigenvalue weighted by Crippen LogP contribution is 2.38. The number of hydrogen-bond donors (Lipinski definition) is 1. The molecule has 0 saturated carbocycles. The molecule has 0 bridgehead atoms. The van der Waals surface area contributed by atoms with Gasteiger partial charge in [0.15, 0.2) is 5.82 Å². The van der Waals surface area contributed by atoms with Crippen LogP contribution in [0, 0.1) is 6.92 Å². The van der Waals surface area contributed by atoms with E-state index in [1.54, 1.807) is 0 Å². The van der Waals surface area contributed by atoms with Gasteiger partial charge in [0.1, 0.15) is 34.4 Å². The zero-order valence-electron chi connectivity index (χ0n) is 22.3. The Morgan fingerprint density at radius 3 is 2.41 bits per heavy atom. The fraction of sp³-hybridized carbons (Fsp3) is 0.250. The Bertz CT molecular complexity index is 1600. The van der Waals surface area contributed by atoms with Crippen molar-refractivity contribution < 1.29 is 9.47 Å². The standard InChI is InChI=1S/C32H32N4O2S/c1-3-37-26-18-14-23(15-19-26)29-27-11-7-8-20-35-28(21-38-25-9-5-4-6-10-25)34-36(32(27)35)30(29)31(39)33-24-16-12-22(2)13-17-24/h4-6,9-10,12-19H,3,7-8,11,20-21H2,1-2H3,(H,33,39). The number of benzene rings is 3. The first-order valence-electron chi connectivity index (χ1n) is 13.5. The molecule has 3 heterocycles. The van der Waals surface area contributed by atoms with E-state index < -0.39 is 0 Å². The van der Waals surface area contributed by atoms with E-state index in [0.717, 1.165) is 71.3 Å². The van der Waals surface area contributed by atoms with Gasteiger partial charge in [0.25, 0.3) is 0 Å². The highest BCUT2D eigenvalue weighted by molar-refractivity contribution is 7.81. The molecule has 39 heavy (non-hydrogen) atoms. The minimum Gasteiger partial charge on any atom is -0.494 e. The van der Waals surface area contributed by atoms with E-state index >= 15 is 0 Å². The number of hydrogen-bond acceptors (Lipinski definition) is 4. The Kier molecular flexibility index (Phi) is 7.07. The van der Waals surface area contributed by atoms with Crippen LogP contribution in [0.15, 0.2) is 78.9 Å². The Hall–Kier alpha value is -4.10. The number of anilines is 1. The predicted molar refractivity (Wildman–Crippen MR) is 160 cm³/mol. The van der Waals surface area contributed by atoms with Crippen LogP contribution in [0.1, 0.15) is 42.4 Å². The summed E-state index contributed by atoms with van der Waals surface area (Å²) in [7, 11) is 0. The minimum atomic E-state index is 0.390. The zero-order valence-corrected chi connectivity index (χ0v) is 23.1. The molecule has 0 spiro atoms. The van der Waals surface area contributed by atoms with E-state index in [1.165, 1.54) is 11.1 Å². The lowest BCUT2D eigenvalue weighted by atomic mass is 9.98. The van der Waals surface area contributed by atoms with Gasteiger partial charge in [0.05, 0.1) is 6.61 Å². The molecule has 0 radical (unpaired) electrons. The second-order valence-electron chi connectivity index (χ2n) is 9.84. The highest BCUT2D eigenvalue weighted by atomic mass is 32.1. The maximum Gasteiger partial charge on any atom is 0.169 e. The van der Waals surface area contributed by atoms with E-state index in [-0.39, 0.29) is 0 Å². The van der Waals surface area contributed by atoms with Crippen LogP contribution in [0.25, 0.3) is 16.8 Å². The van der Waals surface area contributed by atoms with Gasteiger partial charge in [-0.05, 0) is 75.1 Å². The van der Waals surface area contributed by atoms with Gasteiger partial charge in [-0.15, -0.1) is 5.10 Å². The molecule has 0 atom stereocenters. The van der Waals surface area contributed by atoms with Crippen LogP contribution < -0.4 is 14.8 Å². The van der Waals surface area contributed by atoms with Gasteiger partial charge in [0, 0.05) is 23.4 Å². The van der Waals surface area contributed by atoms with Crippen molar-refractivity contribution in [1.29, 1.82) is 0 Å². The summed E-state index contributed by atoms with van der Waals surface area (Å²) < 4.78 is 16.2. The molecule has 1 aliphatic rings. The number of nitrogens with zero attached hydrogens (tertiary/aromatic N) is 3. The molecule has 0 fully saturated rings. The van der Waals surface area contributed by atoms with Crippen molar-refractivity contribution in [1.82, 2.24) is 14.2 Å². The van der Waals surface area contributed by atoms with Gasteiger partial charge in [-0.1, -0.05) is 60.2 Å². The summed E-state index contributed by atoms with van der Waals surface area (Å²) >= 11 is 6.09. The van der Waals surface area contributed by atoms with Crippen molar-refractivity contribution >= 4 is 28.5 Å². The SMILES string of the molecule is CCOc1ccc(-c2c3c4n(c(COc5ccccc5)nn4c2C(=S)Nc2ccc(C)cc2)CCCC3)cc1. The quantitative estimate of drug-likeness (QED) is 0.212. The molecular weight excluding hydrogens is 504 g/mol. The normalized spacial score (nSPS) is 12.8. The molecule has 0 saturated heterocycles. The molecule has 6 nitrogen and oxygen atoms in total. The molecule has 6 rings (SSSR count). The number of para-hydroxylation sites is 1. The van der Waals surface area contributed by atoms with Gasteiger partial charge in [-0.25, -0.2) is 4.52 Å². The van der Waals surface area contributed by atoms with E-state index in [2.05, 4.69) is 53.2 Å². The van der Waals surface area contributed by atoms with Crippen molar-refractivity contribution in [3.63, 3.8) is 0 Å². The number of rotatable bonds is 8. The summed E-state index contributed by atoms with van der Waals surface area (Å²) in [4.78, 5) is 0.643. The van der Waals surface area contributed by atoms with E-state index in [9.17, 15) is 0 Å². The number of aromatic nitrogens is 3. The molecule has 0 aliphatic carbocycles. The first-order valence-corrected chi connectivity index (χ1v) is 13.9. The number of ether oxygens (including phenoxy) is 2. The molecule has 0 amide bonds. The molecule has 7 heteroatoms. The van der Waals surface area contributed by atoms with Gasteiger partial charge < -0.3 is 19.4 Å². The van der Waals surface area contributed by atoms with Crippen molar-refractivity contribution in [2.24, 2.45) is 0 Å². The third-order valence-corrected chi connectivity index (χ3v) is 7.45. The van der Waals surface area contributed by atoms with Crippen molar-refractivity contribution in [3.8, 4) is 22.6 Å². The fourth-order valence-corrected chi connectivity index (χ4v) is 5.61. The topological polar surface area (TPSA) is 52.7 Å². The van der Waals surface area contributed by atoms with Gasteiger partial charge >= 0.3 is 0 Å². The maximum absolute atomic E-state index is 6.14. The van der Waals surface area contributed by atoms with Crippen LogP contribution in [-0.2, 0) is 19.6 Å². The predicted octanol–water partition coefficient (Wildman–Crippen LogP) is 7.21. The summed E-state index contributed by atoms with van der Waals surface area (Å²) in [5.41, 5.74) is 7.69. The van der Waals surface area contributed by atoms with Gasteiger partial charge in [-0.2, -0.15) is 0 Å². The lowest BCUT2D eigenvalue weighted by Crippen LogP contribution is -2.15. The third-order valence-electron chi connectivity index (χ3n) is 7.15. The summed E-state index contributed by atoms with van der Waals surface area (Å²) in [6.45, 7) is 6.01. The molecule has 1 N–H and O–H groups in total. The summed E-state index contributed by atoms with van der Waals surface area (Å²) in [5.74, 6) is 2.59. The molecule has 0 unspecified atom stereocenters. The highest BCUT2D eigenvalue weighted by Gasteiger charge is 2.29. The van der Waals surface area contributed by atoms with E-state index in [4.69, 9.17) is 26.8 Å². The third kappa shape index (κ3) is 5.02. The maximum atomic E-state index is 6.14. The van der Waals surface area contributed by atoms with Crippen LogP contribution in [0.5, 0.6) is 11.5 Å². The molecule has 1 aliphatic heterocycles. The van der Waals surface area contributed by atoms with Crippen molar-refractivity contribution in [2.75, 3.05) is 11.9 Å². The smallest absolute Gasteiger partial charge is 0.169 e. The molecule has 3 aromatic carbocycles. The molecular formula is C32H32N4O2S. The minimum absolute atomic E-state index is 0.390. The van der Waals surface area contributed by atoms with Crippen LogP contribution in [-0.4, -0.2) is 25.8 Å².